The summed E-state index contributed by atoms with van der Waals surface area (Å²) < 4.78 is 27.9. The molecule has 0 saturated heterocycles. The van der Waals surface area contributed by atoms with E-state index in [4.69, 9.17) is 0 Å². The van der Waals surface area contributed by atoms with E-state index in [9.17, 15) is 8.78 Å². The van der Waals surface area contributed by atoms with Crippen LogP contribution in [-0.2, 0) is 12.8 Å². The molecule has 1 aliphatic carbocycles. The van der Waals surface area contributed by atoms with Gasteiger partial charge in [-0.2, -0.15) is 0 Å². The zero-order valence-electron chi connectivity index (χ0n) is 10.1. The fourth-order valence-corrected chi connectivity index (χ4v) is 2.95. The lowest BCUT2D eigenvalue weighted by atomic mass is 10.1. The van der Waals surface area contributed by atoms with Gasteiger partial charge in [0.05, 0.1) is 0 Å². The lowest BCUT2D eigenvalue weighted by Crippen LogP contribution is -2.21. The van der Waals surface area contributed by atoms with Crippen molar-refractivity contribution < 1.29 is 8.78 Å². The Hall–Kier alpha value is -1.42. The number of benzene rings is 2. The summed E-state index contributed by atoms with van der Waals surface area (Å²) in [7, 11) is 0. The molecule has 0 unspecified atom stereocenters. The van der Waals surface area contributed by atoms with Gasteiger partial charge in [-0.25, -0.2) is 8.78 Å². The zero-order valence-corrected chi connectivity index (χ0v) is 11.7. The molecule has 0 bridgehead atoms. The maximum absolute atomic E-state index is 13.8. The number of rotatable bonds is 2. The fourth-order valence-electron chi connectivity index (χ4n) is 2.55. The van der Waals surface area contributed by atoms with Crippen LogP contribution in [-0.4, -0.2) is 6.04 Å². The van der Waals surface area contributed by atoms with E-state index >= 15 is 0 Å². The summed E-state index contributed by atoms with van der Waals surface area (Å²) in [6.45, 7) is 0. The molecule has 98 valence electrons. The second-order valence-electron chi connectivity index (χ2n) is 4.76. The third kappa shape index (κ3) is 2.50. The van der Waals surface area contributed by atoms with E-state index in [0.29, 0.717) is 4.47 Å². The first-order chi connectivity index (χ1) is 9.13. The van der Waals surface area contributed by atoms with E-state index in [2.05, 4.69) is 33.4 Å². The Balaban J connectivity index is 1.82. The van der Waals surface area contributed by atoms with Crippen LogP contribution in [0.3, 0.4) is 0 Å². The van der Waals surface area contributed by atoms with Crippen LogP contribution in [0.25, 0.3) is 0 Å². The van der Waals surface area contributed by atoms with Crippen molar-refractivity contribution in [2.45, 2.75) is 18.9 Å². The molecule has 1 N–H and O–H groups in total. The van der Waals surface area contributed by atoms with Crippen molar-refractivity contribution in [2.24, 2.45) is 0 Å². The summed E-state index contributed by atoms with van der Waals surface area (Å²) in [6.07, 6.45) is 1.59. The van der Waals surface area contributed by atoms with Crippen molar-refractivity contribution in [3.63, 3.8) is 0 Å². The van der Waals surface area contributed by atoms with Gasteiger partial charge in [0, 0.05) is 10.5 Å². The molecule has 0 fully saturated rings. The predicted molar refractivity (Wildman–Crippen MR) is 75.3 cm³/mol. The largest absolute Gasteiger partial charge is 0.377 e. The topological polar surface area (TPSA) is 12.0 Å². The fraction of sp³-hybridized carbons (Fsp3) is 0.200. The number of hydrogen-bond acceptors (Lipinski definition) is 1. The molecule has 0 saturated carbocycles. The Morgan fingerprint density at radius 1 is 1.00 bits per heavy atom. The number of fused-ring (bicyclic) bond motifs is 1. The number of halogens is 3. The van der Waals surface area contributed by atoms with Gasteiger partial charge < -0.3 is 5.32 Å². The van der Waals surface area contributed by atoms with Crippen molar-refractivity contribution in [3.05, 3.63) is 63.6 Å². The number of hydrogen-bond donors (Lipinski definition) is 1. The molecular formula is C15H12BrF2N. The number of nitrogens with one attached hydrogen (secondary N) is 1. The van der Waals surface area contributed by atoms with E-state index in [0.717, 1.165) is 12.8 Å². The van der Waals surface area contributed by atoms with Crippen LogP contribution in [0, 0.1) is 11.6 Å². The van der Waals surface area contributed by atoms with Crippen LogP contribution in [0.4, 0.5) is 14.5 Å². The zero-order chi connectivity index (χ0) is 13.4. The summed E-state index contributed by atoms with van der Waals surface area (Å²) in [4.78, 5) is 0. The van der Waals surface area contributed by atoms with Gasteiger partial charge in [0.25, 0.3) is 0 Å². The Bertz CT molecular complexity index is 579. The van der Waals surface area contributed by atoms with Gasteiger partial charge in [-0.15, -0.1) is 0 Å². The van der Waals surface area contributed by atoms with Crippen molar-refractivity contribution >= 4 is 21.6 Å². The van der Waals surface area contributed by atoms with Gasteiger partial charge in [0.15, 0.2) is 0 Å². The highest BCUT2D eigenvalue weighted by atomic mass is 79.9. The van der Waals surface area contributed by atoms with Crippen LogP contribution in [0.1, 0.15) is 11.1 Å². The first-order valence-corrected chi connectivity index (χ1v) is 6.90. The van der Waals surface area contributed by atoms with Gasteiger partial charge in [-0.3, -0.25) is 0 Å². The Labute approximate surface area is 118 Å². The molecule has 0 spiro atoms. The van der Waals surface area contributed by atoms with Crippen LogP contribution in [0.2, 0.25) is 0 Å². The lowest BCUT2D eigenvalue weighted by molar-refractivity contribution is 0.580. The number of anilines is 1. The highest BCUT2D eigenvalue weighted by Crippen LogP contribution is 2.28. The van der Waals surface area contributed by atoms with Crippen molar-refractivity contribution in [1.29, 1.82) is 0 Å². The summed E-state index contributed by atoms with van der Waals surface area (Å²) in [6, 6.07) is 10.7. The normalized spacial score (nSPS) is 14.5. The highest BCUT2D eigenvalue weighted by Gasteiger charge is 2.23. The van der Waals surface area contributed by atoms with E-state index in [-0.39, 0.29) is 11.7 Å². The first-order valence-electron chi connectivity index (χ1n) is 6.11. The maximum Gasteiger partial charge on any atom is 0.150 e. The minimum atomic E-state index is -0.567. The van der Waals surface area contributed by atoms with Gasteiger partial charge in [-0.05, 0) is 36.1 Å². The standard InChI is InChI=1S/C15H12BrF2N/c16-11-7-13(17)15(14(18)8-11)19-12-5-9-3-1-2-4-10(9)6-12/h1-4,7-8,12,19H,5-6H2. The molecule has 3 rings (SSSR count). The molecule has 0 aliphatic heterocycles. The SMILES string of the molecule is Fc1cc(Br)cc(F)c1NC1Cc2ccccc2C1. The lowest BCUT2D eigenvalue weighted by Gasteiger charge is -2.15. The monoisotopic (exact) mass is 323 g/mol. The molecule has 0 aromatic heterocycles. The Morgan fingerprint density at radius 2 is 1.53 bits per heavy atom. The van der Waals surface area contributed by atoms with Crippen molar-refractivity contribution in [2.75, 3.05) is 5.32 Å². The second-order valence-corrected chi connectivity index (χ2v) is 5.68. The summed E-state index contributed by atoms with van der Waals surface area (Å²) in [5.41, 5.74) is 2.46. The van der Waals surface area contributed by atoms with E-state index in [1.165, 1.54) is 23.3 Å². The van der Waals surface area contributed by atoms with E-state index in [1.54, 1.807) is 0 Å². The van der Waals surface area contributed by atoms with E-state index < -0.39 is 11.6 Å². The molecule has 4 heteroatoms. The third-order valence-corrected chi connectivity index (χ3v) is 3.86. The van der Waals surface area contributed by atoms with Crippen LogP contribution in [0.15, 0.2) is 40.9 Å². The van der Waals surface area contributed by atoms with Crippen LogP contribution < -0.4 is 5.32 Å². The van der Waals surface area contributed by atoms with Crippen molar-refractivity contribution in [1.82, 2.24) is 0 Å². The van der Waals surface area contributed by atoms with Crippen molar-refractivity contribution in [3.8, 4) is 0 Å². The first kappa shape index (κ1) is 12.6. The molecule has 2 aromatic rings. The molecule has 0 heterocycles. The highest BCUT2D eigenvalue weighted by molar-refractivity contribution is 9.10. The van der Waals surface area contributed by atoms with Gasteiger partial charge in [0.1, 0.15) is 17.3 Å². The average Bonchev–Trinajstić information content (AvgIpc) is 2.76. The predicted octanol–water partition coefficient (Wildman–Crippen LogP) is 4.31. The summed E-state index contributed by atoms with van der Waals surface area (Å²) in [5.74, 6) is -1.13. The summed E-state index contributed by atoms with van der Waals surface area (Å²) >= 11 is 3.08. The maximum atomic E-state index is 13.8. The third-order valence-electron chi connectivity index (χ3n) is 3.41. The van der Waals surface area contributed by atoms with E-state index in [1.807, 2.05) is 12.1 Å². The quantitative estimate of drug-likeness (QED) is 0.868. The molecular weight excluding hydrogens is 312 g/mol. The Kier molecular flexibility index (Phi) is 3.27. The minimum absolute atomic E-state index is 0.0407. The Morgan fingerprint density at radius 3 is 2.05 bits per heavy atom. The van der Waals surface area contributed by atoms with Crippen LogP contribution >= 0.6 is 15.9 Å². The minimum Gasteiger partial charge on any atom is -0.377 e. The molecule has 2 aromatic carbocycles. The molecule has 1 aliphatic rings. The van der Waals surface area contributed by atoms with Gasteiger partial charge in [0.2, 0.25) is 0 Å². The molecule has 0 atom stereocenters. The van der Waals surface area contributed by atoms with Crippen LogP contribution in [0.5, 0.6) is 0 Å². The summed E-state index contributed by atoms with van der Waals surface area (Å²) in [5, 5.41) is 2.98. The van der Waals surface area contributed by atoms with Gasteiger partial charge in [-0.1, -0.05) is 40.2 Å². The molecule has 0 radical (unpaired) electrons. The smallest absolute Gasteiger partial charge is 0.150 e. The molecule has 1 nitrogen and oxygen atoms in total. The average molecular weight is 324 g/mol. The molecule has 19 heavy (non-hydrogen) atoms. The van der Waals surface area contributed by atoms with Gasteiger partial charge >= 0.3 is 0 Å². The molecule has 0 amide bonds. The second kappa shape index (κ2) is 4.93.